The minimum atomic E-state index is 0.549. The van der Waals surface area contributed by atoms with Crippen molar-refractivity contribution < 1.29 is 9.59 Å². The maximum absolute atomic E-state index is 10.6. The van der Waals surface area contributed by atoms with Gasteiger partial charge < -0.3 is 19.6 Å². The van der Waals surface area contributed by atoms with Crippen LogP contribution >= 0.6 is 0 Å². The standard InChI is InChI=1S/C17H22N2O2/c1-12-10-18-16(14(12)5-3-7-20)9-17-15(6-4-8-21)13(2)11-19-17/h7-8,10-11,18-19H,3-6,9H2,1-2H3. The summed E-state index contributed by atoms with van der Waals surface area (Å²) in [5, 5.41) is 0. The third-order valence-corrected chi connectivity index (χ3v) is 3.98. The van der Waals surface area contributed by atoms with Crippen molar-refractivity contribution in [3.8, 4) is 0 Å². The molecule has 0 aliphatic heterocycles. The molecule has 0 aliphatic rings. The molecule has 0 radical (unpaired) electrons. The van der Waals surface area contributed by atoms with Crippen LogP contribution in [0.1, 0.15) is 46.5 Å². The molecule has 0 amide bonds. The number of rotatable bonds is 8. The van der Waals surface area contributed by atoms with Gasteiger partial charge in [-0.3, -0.25) is 0 Å². The van der Waals surface area contributed by atoms with Crippen LogP contribution in [0.2, 0.25) is 0 Å². The Morgan fingerprint density at radius 1 is 0.857 bits per heavy atom. The number of hydrogen-bond acceptors (Lipinski definition) is 2. The third-order valence-electron chi connectivity index (χ3n) is 3.98. The second-order valence-electron chi connectivity index (χ2n) is 5.45. The van der Waals surface area contributed by atoms with Crippen LogP contribution in [0.5, 0.6) is 0 Å². The number of H-pyrrole nitrogens is 2. The number of nitrogens with one attached hydrogen (secondary N) is 2. The van der Waals surface area contributed by atoms with Crippen molar-refractivity contribution in [2.24, 2.45) is 0 Å². The molecule has 2 heterocycles. The first-order valence-electron chi connectivity index (χ1n) is 7.36. The van der Waals surface area contributed by atoms with Gasteiger partial charge in [0.2, 0.25) is 0 Å². The van der Waals surface area contributed by atoms with Gasteiger partial charge in [-0.1, -0.05) is 0 Å². The molecule has 0 saturated heterocycles. The van der Waals surface area contributed by atoms with E-state index in [1.165, 1.54) is 22.3 Å². The molecular weight excluding hydrogens is 264 g/mol. The molecule has 2 N–H and O–H groups in total. The Bertz CT molecular complexity index is 569. The van der Waals surface area contributed by atoms with Crippen LogP contribution in [0, 0.1) is 13.8 Å². The number of aryl methyl sites for hydroxylation is 2. The van der Waals surface area contributed by atoms with Crippen LogP contribution in [0.3, 0.4) is 0 Å². The lowest BCUT2D eigenvalue weighted by Gasteiger charge is -2.06. The van der Waals surface area contributed by atoms with E-state index in [1.807, 2.05) is 12.4 Å². The second-order valence-corrected chi connectivity index (χ2v) is 5.45. The van der Waals surface area contributed by atoms with Crippen LogP contribution in [0.4, 0.5) is 0 Å². The molecule has 2 aromatic heterocycles. The van der Waals surface area contributed by atoms with Crippen molar-refractivity contribution in [3.63, 3.8) is 0 Å². The molecule has 21 heavy (non-hydrogen) atoms. The number of carbonyl (C=O) groups excluding carboxylic acids is 2. The molecule has 112 valence electrons. The SMILES string of the molecule is Cc1c[nH]c(Cc2[nH]cc(C)c2CCC=O)c1CCC=O. The molecule has 0 fully saturated rings. The topological polar surface area (TPSA) is 65.7 Å². The Kier molecular flexibility index (Phi) is 5.14. The summed E-state index contributed by atoms with van der Waals surface area (Å²) in [7, 11) is 0. The largest absolute Gasteiger partial charge is 0.364 e. The normalized spacial score (nSPS) is 10.8. The Morgan fingerprint density at radius 3 is 1.67 bits per heavy atom. The summed E-state index contributed by atoms with van der Waals surface area (Å²) in [6, 6.07) is 0. The van der Waals surface area contributed by atoms with Crippen molar-refractivity contribution in [2.45, 2.75) is 46.0 Å². The van der Waals surface area contributed by atoms with E-state index in [-0.39, 0.29) is 0 Å². The molecule has 0 bridgehead atoms. The van der Waals surface area contributed by atoms with Crippen LogP contribution in [-0.4, -0.2) is 22.5 Å². The maximum Gasteiger partial charge on any atom is 0.120 e. The van der Waals surface area contributed by atoms with Crippen molar-refractivity contribution in [1.29, 1.82) is 0 Å². The van der Waals surface area contributed by atoms with Crippen molar-refractivity contribution in [2.75, 3.05) is 0 Å². The van der Waals surface area contributed by atoms with Gasteiger partial charge in [0.1, 0.15) is 12.6 Å². The molecule has 2 rings (SSSR count). The average molecular weight is 286 g/mol. The van der Waals surface area contributed by atoms with Gasteiger partial charge in [-0.2, -0.15) is 0 Å². The molecule has 0 unspecified atom stereocenters. The van der Waals surface area contributed by atoms with Gasteiger partial charge in [-0.05, 0) is 48.9 Å². The number of aromatic nitrogens is 2. The Labute approximate surface area is 125 Å². The number of aldehydes is 2. The van der Waals surface area contributed by atoms with Gasteiger partial charge in [0.25, 0.3) is 0 Å². The molecule has 0 atom stereocenters. The highest BCUT2D eigenvalue weighted by Gasteiger charge is 2.13. The van der Waals surface area contributed by atoms with E-state index < -0.39 is 0 Å². The predicted octanol–water partition coefficient (Wildman–Crippen LogP) is 2.81. The van der Waals surface area contributed by atoms with E-state index in [9.17, 15) is 9.59 Å². The lowest BCUT2D eigenvalue weighted by molar-refractivity contribution is -0.108. The van der Waals surface area contributed by atoms with Crippen molar-refractivity contribution in [1.82, 2.24) is 9.97 Å². The van der Waals surface area contributed by atoms with Gasteiger partial charge in [-0.25, -0.2) is 0 Å². The van der Waals surface area contributed by atoms with Crippen molar-refractivity contribution in [3.05, 3.63) is 46.0 Å². The molecule has 2 aromatic rings. The fourth-order valence-electron chi connectivity index (χ4n) is 2.81. The molecule has 0 spiro atoms. The van der Waals surface area contributed by atoms with Crippen molar-refractivity contribution >= 4 is 12.6 Å². The zero-order valence-electron chi connectivity index (χ0n) is 12.7. The zero-order valence-corrected chi connectivity index (χ0v) is 12.7. The van der Waals surface area contributed by atoms with E-state index in [4.69, 9.17) is 0 Å². The van der Waals surface area contributed by atoms with Crippen LogP contribution in [0.15, 0.2) is 12.4 Å². The van der Waals surface area contributed by atoms with Crippen LogP contribution in [0.25, 0.3) is 0 Å². The smallest absolute Gasteiger partial charge is 0.120 e. The monoisotopic (exact) mass is 286 g/mol. The number of carbonyl (C=O) groups is 2. The molecule has 0 aliphatic carbocycles. The first-order chi connectivity index (χ1) is 10.2. The average Bonchev–Trinajstić information content (AvgIpc) is 2.99. The summed E-state index contributed by atoms with van der Waals surface area (Å²) < 4.78 is 0. The lowest BCUT2D eigenvalue weighted by atomic mass is 10.00. The predicted molar refractivity (Wildman–Crippen MR) is 82.6 cm³/mol. The van der Waals surface area contributed by atoms with Gasteiger partial charge in [0.05, 0.1) is 0 Å². The summed E-state index contributed by atoms with van der Waals surface area (Å²) in [5.41, 5.74) is 7.17. The summed E-state index contributed by atoms with van der Waals surface area (Å²) in [6.07, 6.45) is 9.35. The summed E-state index contributed by atoms with van der Waals surface area (Å²) in [5.74, 6) is 0. The quantitative estimate of drug-likeness (QED) is 0.733. The Morgan fingerprint density at radius 2 is 1.29 bits per heavy atom. The van der Waals surface area contributed by atoms with Gasteiger partial charge >= 0.3 is 0 Å². The van der Waals surface area contributed by atoms with Crippen LogP contribution in [-0.2, 0) is 28.9 Å². The highest BCUT2D eigenvalue weighted by atomic mass is 16.1. The molecule has 4 nitrogen and oxygen atoms in total. The molecule has 4 heteroatoms. The molecular formula is C17H22N2O2. The Hall–Kier alpha value is -2.10. The van der Waals surface area contributed by atoms with Gasteiger partial charge in [0.15, 0.2) is 0 Å². The molecule has 0 aromatic carbocycles. The third kappa shape index (κ3) is 3.51. The first kappa shape index (κ1) is 15.3. The second kappa shape index (κ2) is 7.07. The number of hydrogen-bond donors (Lipinski definition) is 2. The lowest BCUT2D eigenvalue weighted by Crippen LogP contribution is -2.00. The fraction of sp³-hybridized carbons (Fsp3) is 0.412. The number of aromatic amines is 2. The minimum Gasteiger partial charge on any atom is -0.364 e. The van der Waals surface area contributed by atoms with Crippen LogP contribution < -0.4 is 0 Å². The van der Waals surface area contributed by atoms with E-state index in [1.54, 1.807) is 0 Å². The van der Waals surface area contributed by atoms with E-state index in [2.05, 4.69) is 23.8 Å². The van der Waals surface area contributed by atoms with Gasteiger partial charge in [-0.15, -0.1) is 0 Å². The van der Waals surface area contributed by atoms with Gasteiger partial charge in [0, 0.05) is 43.0 Å². The zero-order chi connectivity index (χ0) is 15.2. The van der Waals surface area contributed by atoms with E-state index in [0.717, 1.165) is 43.2 Å². The maximum atomic E-state index is 10.6. The molecule has 0 saturated carbocycles. The summed E-state index contributed by atoms with van der Waals surface area (Å²) in [6.45, 7) is 4.13. The highest BCUT2D eigenvalue weighted by Crippen LogP contribution is 2.22. The van der Waals surface area contributed by atoms with E-state index in [0.29, 0.717) is 12.8 Å². The highest BCUT2D eigenvalue weighted by molar-refractivity contribution is 5.52. The minimum absolute atomic E-state index is 0.549. The Balaban J connectivity index is 2.22. The summed E-state index contributed by atoms with van der Waals surface area (Å²) in [4.78, 5) is 27.9. The summed E-state index contributed by atoms with van der Waals surface area (Å²) >= 11 is 0. The first-order valence-corrected chi connectivity index (χ1v) is 7.36. The fourth-order valence-corrected chi connectivity index (χ4v) is 2.81. The van der Waals surface area contributed by atoms with E-state index >= 15 is 0 Å².